The number of carbonyl (C=O) groups is 2. The normalized spacial score (nSPS) is 34.5. The van der Waals surface area contributed by atoms with Gasteiger partial charge < -0.3 is 21.1 Å². The number of nitrogens with two attached hydrogens (primary N) is 2. The van der Waals surface area contributed by atoms with Crippen LogP contribution in [-0.4, -0.2) is 84.3 Å². The molecular weight excluding hydrogens is 408 g/mol. The number of carbonyl (C=O) groups excluding carboxylic acids is 2. The van der Waals surface area contributed by atoms with Gasteiger partial charge in [0, 0.05) is 38.7 Å². The van der Waals surface area contributed by atoms with Crippen molar-refractivity contribution in [1.29, 1.82) is 0 Å². The van der Waals surface area contributed by atoms with Gasteiger partial charge in [0.15, 0.2) is 0 Å². The zero-order valence-electron chi connectivity index (χ0n) is 19.7. The first-order valence-electron chi connectivity index (χ1n) is 12.2. The lowest BCUT2D eigenvalue weighted by molar-refractivity contribution is -0.127. The summed E-state index contributed by atoms with van der Waals surface area (Å²) in [5, 5.41) is 2.53. The Balaban J connectivity index is 1.39. The van der Waals surface area contributed by atoms with Crippen molar-refractivity contribution in [3.05, 3.63) is 11.4 Å². The van der Waals surface area contributed by atoms with E-state index in [1.807, 2.05) is 0 Å². The van der Waals surface area contributed by atoms with E-state index in [0.717, 1.165) is 57.6 Å². The Morgan fingerprint density at radius 2 is 1.94 bits per heavy atom. The molecule has 0 aromatic rings. The predicted molar refractivity (Wildman–Crippen MR) is 122 cm³/mol. The zero-order valence-corrected chi connectivity index (χ0v) is 19.7. The fourth-order valence-corrected chi connectivity index (χ4v) is 5.85. The molecule has 9 heteroatoms. The first-order valence-corrected chi connectivity index (χ1v) is 12.2. The van der Waals surface area contributed by atoms with Crippen molar-refractivity contribution < 1.29 is 14.3 Å². The van der Waals surface area contributed by atoms with E-state index in [-0.39, 0.29) is 17.4 Å². The number of rotatable bonds is 6. The van der Waals surface area contributed by atoms with E-state index in [2.05, 4.69) is 29.0 Å². The molecule has 1 saturated carbocycles. The molecule has 3 saturated heterocycles. The topological polar surface area (TPSA) is 117 Å². The maximum atomic E-state index is 12.6. The molecule has 0 bridgehead atoms. The molecule has 3 heterocycles. The lowest BCUT2D eigenvalue weighted by Crippen LogP contribution is -2.55. The number of hydrogen-bond acceptors (Lipinski definition) is 7. The minimum atomic E-state index is -0.804. The number of amides is 3. The SMILES string of the molecule is CCCCN1CC(=C(N)N)CN(C2CCC(C)(CN3C(=O)NC(=O)[C@@]34CCOC4)CC2)C1. The van der Waals surface area contributed by atoms with Gasteiger partial charge in [-0.25, -0.2) is 4.79 Å². The molecule has 1 atom stereocenters. The summed E-state index contributed by atoms with van der Waals surface area (Å²) < 4.78 is 5.53. The van der Waals surface area contributed by atoms with Crippen LogP contribution in [0.1, 0.15) is 58.8 Å². The van der Waals surface area contributed by atoms with Gasteiger partial charge in [0.1, 0.15) is 5.54 Å². The number of urea groups is 1. The minimum absolute atomic E-state index is 0.00268. The first kappa shape index (κ1) is 23.3. The summed E-state index contributed by atoms with van der Waals surface area (Å²) in [4.78, 5) is 31.9. The van der Waals surface area contributed by atoms with Crippen molar-refractivity contribution in [2.24, 2.45) is 16.9 Å². The van der Waals surface area contributed by atoms with Gasteiger partial charge in [-0.15, -0.1) is 0 Å². The van der Waals surface area contributed by atoms with E-state index in [1.165, 1.54) is 12.8 Å². The lowest BCUT2D eigenvalue weighted by Gasteiger charge is -2.47. The molecule has 1 spiro atoms. The number of ether oxygens (including phenoxy) is 1. The Labute approximate surface area is 191 Å². The molecule has 180 valence electrons. The van der Waals surface area contributed by atoms with Gasteiger partial charge in [0.25, 0.3) is 5.91 Å². The second-order valence-electron chi connectivity index (χ2n) is 10.6. The zero-order chi connectivity index (χ0) is 22.9. The third-order valence-electron chi connectivity index (χ3n) is 8.05. The molecule has 4 fully saturated rings. The third kappa shape index (κ3) is 4.47. The smallest absolute Gasteiger partial charge is 0.325 e. The van der Waals surface area contributed by atoms with E-state index in [9.17, 15) is 9.59 Å². The van der Waals surface area contributed by atoms with Gasteiger partial charge in [0.2, 0.25) is 0 Å². The molecule has 9 nitrogen and oxygen atoms in total. The van der Waals surface area contributed by atoms with E-state index < -0.39 is 5.54 Å². The summed E-state index contributed by atoms with van der Waals surface area (Å²) in [5.74, 6) is 0.266. The van der Waals surface area contributed by atoms with E-state index in [1.54, 1.807) is 4.90 Å². The van der Waals surface area contributed by atoms with Gasteiger partial charge in [-0.3, -0.25) is 19.9 Å². The Hall–Kier alpha value is -1.84. The summed E-state index contributed by atoms with van der Waals surface area (Å²) in [6.45, 7) is 9.65. The molecule has 3 aliphatic heterocycles. The highest BCUT2D eigenvalue weighted by Gasteiger charge is 2.56. The van der Waals surface area contributed by atoms with Crippen LogP contribution in [-0.2, 0) is 9.53 Å². The number of imide groups is 1. The summed E-state index contributed by atoms with van der Waals surface area (Å²) in [6.07, 6.45) is 7.13. The van der Waals surface area contributed by atoms with Gasteiger partial charge in [-0.1, -0.05) is 20.3 Å². The highest BCUT2D eigenvalue weighted by atomic mass is 16.5. The summed E-state index contributed by atoms with van der Waals surface area (Å²) in [5.41, 5.74) is 12.3. The van der Waals surface area contributed by atoms with Gasteiger partial charge in [-0.05, 0) is 49.6 Å². The van der Waals surface area contributed by atoms with Crippen molar-refractivity contribution in [1.82, 2.24) is 20.0 Å². The highest BCUT2D eigenvalue weighted by molar-refractivity contribution is 6.07. The van der Waals surface area contributed by atoms with Crippen molar-refractivity contribution in [2.75, 3.05) is 46.1 Å². The van der Waals surface area contributed by atoms with Crippen LogP contribution < -0.4 is 16.8 Å². The molecule has 0 unspecified atom stereocenters. The van der Waals surface area contributed by atoms with Crippen LogP contribution in [0.15, 0.2) is 11.4 Å². The average molecular weight is 449 g/mol. The van der Waals surface area contributed by atoms with Gasteiger partial charge >= 0.3 is 6.03 Å². The number of unbranched alkanes of at least 4 members (excludes halogenated alkanes) is 1. The number of nitrogens with zero attached hydrogens (tertiary/aromatic N) is 3. The van der Waals surface area contributed by atoms with Gasteiger partial charge in [0.05, 0.1) is 19.1 Å². The highest BCUT2D eigenvalue weighted by Crippen LogP contribution is 2.42. The molecule has 0 aromatic heterocycles. The Kier molecular flexibility index (Phi) is 6.70. The quantitative estimate of drug-likeness (QED) is 0.522. The average Bonchev–Trinajstić information content (AvgIpc) is 3.34. The molecule has 0 radical (unpaired) electrons. The first-order chi connectivity index (χ1) is 15.3. The predicted octanol–water partition coefficient (Wildman–Crippen LogP) is 1.15. The standard InChI is InChI=1S/C23H40N6O3/c1-3-4-10-27-12-17(19(24)25)13-28(16-27)18-5-7-22(2,8-6-18)14-29-21(31)26-20(30)23(29)9-11-32-15-23/h18H,3-16,24-25H2,1-2H3,(H,26,30,31)/t18?,22?,23-/m0/s1. The summed E-state index contributed by atoms with van der Waals surface area (Å²) >= 11 is 0. The number of hydrogen-bond donors (Lipinski definition) is 3. The van der Waals surface area contributed by atoms with Crippen molar-refractivity contribution in [3.63, 3.8) is 0 Å². The molecule has 5 N–H and O–H groups in total. The van der Waals surface area contributed by atoms with Crippen LogP contribution >= 0.6 is 0 Å². The van der Waals surface area contributed by atoms with Crippen LogP contribution in [0.5, 0.6) is 0 Å². The molecule has 0 aromatic carbocycles. The fraction of sp³-hybridized carbons (Fsp3) is 0.826. The minimum Gasteiger partial charge on any atom is -0.386 e. The lowest BCUT2D eigenvalue weighted by atomic mass is 9.72. The van der Waals surface area contributed by atoms with Crippen molar-refractivity contribution >= 4 is 11.9 Å². The van der Waals surface area contributed by atoms with Crippen LogP contribution in [0.2, 0.25) is 0 Å². The molecule has 4 aliphatic rings. The van der Waals surface area contributed by atoms with Gasteiger partial charge in [-0.2, -0.15) is 0 Å². The Morgan fingerprint density at radius 3 is 2.56 bits per heavy atom. The van der Waals surface area contributed by atoms with Crippen LogP contribution in [0.3, 0.4) is 0 Å². The maximum absolute atomic E-state index is 12.6. The van der Waals surface area contributed by atoms with Crippen LogP contribution in [0, 0.1) is 5.41 Å². The summed E-state index contributed by atoms with van der Waals surface area (Å²) in [7, 11) is 0. The Bertz CT molecular complexity index is 751. The molecule has 3 amide bonds. The number of nitrogens with one attached hydrogen (secondary N) is 1. The molecule has 32 heavy (non-hydrogen) atoms. The van der Waals surface area contributed by atoms with Crippen LogP contribution in [0.25, 0.3) is 0 Å². The summed E-state index contributed by atoms with van der Waals surface area (Å²) in [6, 6.07) is 0.222. The Morgan fingerprint density at radius 1 is 1.19 bits per heavy atom. The monoisotopic (exact) mass is 448 g/mol. The fourth-order valence-electron chi connectivity index (χ4n) is 5.85. The largest absolute Gasteiger partial charge is 0.386 e. The maximum Gasteiger partial charge on any atom is 0.325 e. The van der Waals surface area contributed by atoms with E-state index in [4.69, 9.17) is 16.2 Å². The van der Waals surface area contributed by atoms with E-state index >= 15 is 0 Å². The molecule has 1 aliphatic carbocycles. The van der Waals surface area contributed by atoms with Crippen molar-refractivity contribution in [3.8, 4) is 0 Å². The second-order valence-corrected chi connectivity index (χ2v) is 10.6. The van der Waals surface area contributed by atoms with E-state index in [0.29, 0.717) is 38.0 Å². The molecule has 4 rings (SSSR count). The second kappa shape index (κ2) is 9.19. The van der Waals surface area contributed by atoms with Crippen molar-refractivity contribution in [2.45, 2.75) is 70.4 Å². The third-order valence-corrected chi connectivity index (χ3v) is 8.05. The molecular formula is C23H40N6O3. The van der Waals surface area contributed by atoms with Crippen LogP contribution in [0.4, 0.5) is 4.79 Å².